The lowest BCUT2D eigenvalue weighted by molar-refractivity contribution is 0.354. The van der Waals surface area contributed by atoms with Gasteiger partial charge in [0.05, 0.1) is 0 Å². The van der Waals surface area contributed by atoms with Crippen molar-refractivity contribution in [2.24, 2.45) is 0 Å². The molecule has 2 rings (SSSR count). The van der Waals surface area contributed by atoms with E-state index in [9.17, 15) is 4.39 Å². The minimum absolute atomic E-state index is 0.0645. The largest absolute Gasteiger partial charge is 0.364 e. The molecule has 1 unspecified atom stereocenters. The summed E-state index contributed by atoms with van der Waals surface area (Å²) in [6, 6.07) is 4.21. The molecule has 0 aliphatic carbocycles. The summed E-state index contributed by atoms with van der Waals surface area (Å²) in [4.78, 5) is 2.38. The van der Waals surface area contributed by atoms with Crippen LogP contribution in [0.25, 0.3) is 0 Å². The van der Waals surface area contributed by atoms with E-state index in [1.807, 2.05) is 0 Å². The lowest BCUT2D eigenvalue weighted by Gasteiger charge is -2.50. The van der Waals surface area contributed by atoms with Crippen molar-refractivity contribution >= 4 is 5.69 Å². The van der Waals surface area contributed by atoms with Crippen LogP contribution >= 0.6 is 0 Å². The lowest BCUT2D eigenvalue weighted by Crippen LogP contribution is -2.52. The zero-order valence-electron chi connectivity index (χ0n) is 15.0. The smallest absolute Gasteiger partial charge is 0.129 e. The average Bonchev–Trinajstić information content (AvgIpc) is 2.38. The maximum Gasteiger partial charge on any atom is 0.129 e. The zero-order valence-corrected chi connectivity index (χ0v) is 15.0. The number of hydrogen-bond donors (Lipinski definition) is 1. The molecule has 0 amide bonds. The Labute approximate surface area is 135 Å². The van der Waals surface area contributed by atoms with Crippen molar-refractivity contribution in [1.29, 1.82) is 0 Å². The van der Waals surface area contributed by atoms with Gasteiger partial charge in [-0.25, -0.2) is 4.39 Å². The molecule has 0 saturated heterocycles. The molecule has 0 spiro atoms. The van der Waals surface area contributed by atoms with Crippen molar-refractivity contribution in [1.82, 2.24) is 5.32 Å². The molecule has 0 saturated carbocycles. The Kier molecular flexibility index (Phi) is 5.16. The Hall–Kier alpha value is -1.09. The number of hydrogen-bond acceptors (Lipinski definition) is 2. The van der Waals surface area contributed by atoms with E-state index in [-0.39, 0.29) is 11.4 Å². The number of rotatable bonds is 5. The topological polar surface area (TPSA) is 15.3 Å². The number of fused-ring (bicyclic) bond motifs is 1. The van der Waals surface area contributed by atoms with Crippen LogP contribution in [-0.4, -0.2) is 18.1 Å². The molecule has 1 heterocycles. The average molecular weight is 306 g/mol. The number of halogens is 1. The summed E-state index contributed by atoms with van der Waals surface area (Å²) >= 11 is 0. The van der Waals surface area contributed by atoms with E-state index in [0.29, 0.717) is 18.5 Å². The summed E-state index contributed by atoms with van der Waals surface area (Å²) in [6.45, 7) is 14.8. The van der Waals surface area contributed by atoms with E-state index >= 15 is 0 Å². The Balaban J connectivity index is 2.42. The van der Waals surface area contributed by atoms with Gasteiger partial charge >= 0.3 is 0 Å². The Morgan fingerprint density at radius 1 is 1.36 bits per heavy atom. The van der Waals surface area contributed by atoms with Gasteiger partial charge in [0.15, 0.2) is 0 Å². The summed E-state index contributed by atoms with van der Waals surface area (Å²) < 4.78 is 14.6. The molecule has 1 aliphatic heterocycles. The molecule has 0 fully saturated rings. The molecular formula is C19H31FN2. The Bertz CT molecular complexity index is 522. The second-order valence-electron chi connectivity index (χ2n) is 7.56. The Morgan fingerprint density at radius 3 is 2.64 bits per heavy atom. The van der Waals surface area contributed by atoms with E-state index in [1.165, 1.54) is 5.56 Å². The molecule has 1 aromatic rings. The molecular weight excluding hydrogens is 275 g/mol. The van der Waals surface area contributed by atoms with Crippen LogP contribution in [0, 0.1) is 5.82 Å². The number of nitrogens with zero attached hydrogens (tertiary/aromatic N) is 1. The van der Waals surface area contributed by atoms with E-state index in [4.69, 9.17) is 0 Å². The van der Waals surface area contributed by atoms with Crippen molar-refractivity contribution < 1.29 is 4.39 Å². The van der Waals surface area contributed by atoms with Crippen molar-refractivity contribution in [3.05, 3.63) is 29.1 Å². The van der Waals surface area contributed by atoms with Gasteiger partial charge in [0.1, 0.15) is 5.82 Å². The minimum Gasteiger partial charge on any atom is -0.364 e. The molecule has 3 heteroatoms. The molecule has 1 aliphatic rings. The van der Waals surface area contributed by atoms with Crippen LogP contribution in [0.15, 0.2) is 12.1 Å². The van der Waals surface area contributed by atoms with Crippen molar-refractivity contribution in [3.63, 3.8) is 0 Å². The van der Waals surface area contributed by atoms with Gasteiger partial charge in [0.2, 0.25) is 0 Å². The summed E-state index contributed by atoms with van der Waals surface area (Å²) in [5.74, 6) is 0.378. The molecule has 2 nitrogen and oxygen atoms in total. The van der Waals surface area contributed by atoms with E-state index in [0.717, 1.165) is 30.6 Å². The summed E-state index contributed by atoms with van der Waals surface area (Å²) in [5.41, 5.74) is 3.23. The van der Waals surface area contributed by atoms with Gasteiger partial charge in [-0.05, 0) is 70.7 Å². The van der Waals surface area contributed by atoms with Crippen LogP contribution in [0.2, 0.25) is 0 Å². The number of benzene rings is 1. The van der Waals surface area contributed by atoms with E-state index < -0.39 is 0 Å². The van der Waals surface area contributed by atoms with Crippen molar-refractivity contribution in [2.45, 2.75) is 78.4 Å². The van der Waals surface area contributed by atoms with Gasteiger partial charge in [-0.1, -0.05) is 13.8 Å². The fraction of sp³-hybridized carbons (Fsp3) is 0.684. The molecule has 124 valence electrons. The number of anilines is 1. The zero-order chi connectivity index (χ0) is 16.5. The quantitative estimate of drug-likeness (QED) is 0.784. The van der Waals surface area contributed by atoms with Gasteiger partial charge in [0.25, 0.3) is 0 Å². The van der Waals surface area contributed by atoms with Crippen molar-refractivity contribution in [2.75, 3.05) is 11.4 Å². The van der Waals surface area contributed by atoms with Gasteiger partial charge in [-0.3, -0.25) is 0 Å². The molecule has 1 aromatic carbocycles. The third-order valence-electron chi connectivity index (χ3n) is 4.70. The first-order chi connectivity index (χ1) is 10.3. The number of nitrogens with one attached hydrogen (secondary N) is 1. The normalized spacial score (nSPS) is 20.4. The monoisotopic (exact) mass is 306 g/mol. The second-order valence-corrected chi connectivity index (χ2v) is 7.56. The SMILES string of the molecule is CCCNCc1cc2c(cc1F)N(C(C)C)C(C)(C)CC2C. The van der Waals surface area contributed by atoms with Crippen LogP contribution < -0.4 is 10.2 Å². The highest BCUT2D eigenvalue weighted by molar-refractivity contribution is 5.61. The first kappa shape index (κ1) is 17.3. The standard InChI is InChI=1S/C19H31FN2/c1-7-8-21-12-15-9-16-14(4)11-19(5,6)22(13(2)3)18(16)10-17(15)20/h9-10,13-14,21H,7-8,11-12H2,1-6H3. The molecule has 0 radical (unpaired) electrons. The first-order valence-corrected chi connectivity index (χ1v) is 8.60. The predicted molar refractivity (Wildman–Crippen MR) is 93.1 cm³/mol. The molecule has 1 N–H and O–H groups in total. The summed E-state index contributed by atoms with van der Waals surface area (Å²) in [6.07, 6.45) is 2.17. The van der Waals surface area contributed by atoms with Crippen LogP contribution in [0.4, 0.5) is 10.1 Å². The van der Waals surface area contributed by atoms with E-state index in [2.05, 4.69) is 57.8 Å². The van der Waals surface area contributed by atoms with Crippen LogP contribution in [0.5, 0.6) is 0 Å². The third kappa shape index (κ3) is 3.29. The fourth-order valence-corrected chi connectivity index (χ4v) is 4.03. The maximum atomic E-state index is 14.6. The molecule has 0 bridgehead atoms. The van der Waals surface area contributed by atoms with Crippen LogP contribution in [0.3, 0.4) is 0 Å². The summed E-state index contributed by atoms with van der Waals surface area (Å²) in [5, 5.41) is 3.31. The maximum absolute atomic E-state index is 14.6. The third-order valence-corrected chi connectivity index (χ3v) is 4.70. The summed E-state index contributed by atoms with van der Waals surface area (Å²) in [7, 11) is 0. The van der Waals surface area contributed by atoms with Crippen LogP contribution in [0.1, 0.15) is 71.4 Å². The molecule has 0 aromatic heterocycles. The van der Waals surface area contributed by atoms with E-state index in [1.54, 1.807) is 6.07 Å². The van der Waals surface area contributed by atoms with Crippen molar-refractivity contribution in [3.8, 4) is 0 Å². The van der Waals surface area contributed by atoms with Gasteiger partial charge in [0, 0.05) is 29.4 Å². The van der Waals surface area contributed by atoms with Gasteiger partial charge in [-0.2, -0.15) is 0 Å². The highest BCUT2D eigenvalue weighted by atomic mass is 19.1. The van der Waals surface area contributed by atoms with Gasteiger partial charge in [-0.15, -0.1) is 0 Å². The lowest BCUT2D eigenvalue weighted by atomic mass is 9.78. The first-order valence-electron chi connectivity index (χ1n) is 8.60. The highest BCUT2D eigenvalue weighted by Gasteiger charge is 2.38. The molecule has 1 atom stereocenters. The van der Waals surface area contributed by atoms with Gasteiger partial charge < -0.3 is 10.2 Å². The predicted octanol–water partition coefficient (Wildman–Crippen LogP) is 4.83. The molecule has 22 heavy (non-hydrogen) atoms. The second kappa shape index (κ2) is 6.57. The highest BCUT2D eigenvalue weighted by Crippen LogP contribution is 2.45. The van der Waals surface area contributed by atoms with Crippen LogP contribution in [-0.2, 0) is 6.54 Å². The Morgan fingerprint density at radius 2 is 2.05 bits per heavy atom. The fourth-order valence-electron chi connectivity index (χ4n) is 4.03. The minimum atomic E-state index is -0.0853.